The van der Waals surface area contributed by atoms with Crippen LogP contribution in [0.1, 0.15) is 5.01 Å². The standard InChI is InChI=1S/C7H11N7S/c8-2-1-5-11-4(3-15-5)6-12-13-7(9)14(6)10/h3H,1-2,8,10H2,(H2,9,13). The second-order valence-electron chi connectivity index (χ2n) is 2.92. The van der Waals surface area contributed by atoms with Gasteiger partial charge in [-0.05, 0) is 6.54 Å². The van der Waals surface area contributed by atoms with Crippen LogP contribution in [0.5, 0.6) is 0 Å². The molecule has 2 aromatic rings. The van der Waals surface area contributed by atoms with E-state index in [4.69, 9.17) is 17.3 Å². The summed E-state index contributed by atoms with van der Waals surface area (Å²) in [6.45, 7) is 0.574. The quantitative estimate of drug-likeness (QED) is 0.588. The molecule has 80 valence electrons. The lowest BCUT2D eigenvalue weighted by atomic mass is 10.4. The first-order valence-electron chi connectivity index (χ1n) is 4.33. The molecule has 0 spiro atoms. The van der Waals surface area contributed by atoms with Crippen LogP contribution in [-0.4, -0.2) is 26.4 Å². The van der Waals surface area contributed by atoms with Crippen molar-refractivity contribution in [3.8, 4) is 11.5 Å². The molecule has 15 heavy (non-hydrogen) atoms. The maximum absolute atomic E-state index is 5.62. The van der Waals surface area contributed by atoms with E-state index in [9.17, 15) is 0 Å². The van der Waals surface area contributed by atoms with E-state index in [0.717, 1.165) is 11.4 Å². The SMILES string of the molecule is NCCc1nc(-c2nnc(N)n2N)cs1. The molecule has 0 aliphatic heterocycles. The molecule has 2 rings (SSSR count). The Morgan fingerprint density at radius 1 is 1.40 bits per heavy atom. The van der Waals surface area contributed by atoms with Crippen LogP contribution in [0.15, 0.2) is 5.38 Å². The first-order chi connectivity index (χ1) is 7.22. The zero-order valence-corrected chi connectivity index (χ0v) is 8.74. The lowest BCUT2D eigenvalue weighted by Gasteiger charge is -1.96. The fraction of sp³-hybridized carbons (Fsp3) is 0.286. The summed E-state index contributed by atoms with van der Waals surface area (Å²) in [6.07, 6.45) is 0.749. The van der Waals surface area contributed by atoms with Gasteiger partial charge in [-0.25, -0.2) is 9.66 Å². The van der Waals surface area contributed by atoms with Gasteiger partial charge in [0.2, 0.25) is 11.8 Å². The molecule has 7 nitrogen and oxygen atoms in total. The Kier molecular flexibility index (Phi) is 2.52. The molecule has 6 N–H and O–H groups in total. The van der Waals surface area contributed by atoms with Gasteiger partial charge in [0, 0.05) is 11.8 Å². The zero-order chi connectivity index (χ0) is 10.8. The van der Waals surface area contributed by atoms with Crippen molar-refractivity contribution in [3.05, 3.63) is 10.4 Å². The molecule has 2 aromatic heterocycles. The highest BCUT2D eigenvalue weighted by molar-refractivity contribution is 7.09. The monoisotopic (exact) mass is 225 g/mol. The smallest absolute Gasteiger partial charge is 0.241 e. The van der Waals surface area contributed by atoms with E-state index in [1.807, 2.05) is 5.38 Å². The number of rotatable bonds is 3. The number of nitrogens with zero attached hydrogens (tertiary/aromatic N) is 4. The maximum atomic E-state index is 5.62. The normalized spacial score (nSPS) is 10.7. The van der Waals surface area contributed by atoms with E-state index < -0.39 is 0 Å². The van der Waals surface area contributed by atoms with E-state index in [-0.39, 0.29) is 5.95 Å². The molecule has 8 heteroatoms. The Morgan fingerprint density at radius 3 is 2.80 bits per heavy atom. The third-order valence-corrected chi connectivity index (χ3v) is 2.77. The van der Waals surface area contributed by atoms with E-state index in [0.29, 0.717) is 18.1 Å². The zero-order valence-electron chi connectivity index (χ0n) is 7.92. The van der Waals surface area contributed by atoms with Gasteiger partial charge < -0.3 is 17.3 Å². The molecular formula is C7H11N7S. The van der Waals surface area contributed by atoms with Crippen molar-refractivity contribution in [2.45, 2.75) is 6.42 Å². The van der Waals surface area contributed by atoms with Gasteiger partial charge in [-0.1, -0.05) is 0 Å². The Balaban J connectivity index is 2.33. The van der Waals surface area contributed by atoms with E-state index in [1.165, 1.54) is 16.0 Å². The lowest BCUT2D eigenvalue weighted by molar-refractivity contribution is 0.946. The summed E-state index contributed by atoms with van der Waals surface area (Å²) in [5, 5.41) is 10.3. The Bertz CT molecular complexity index is 460. The first-order valence-corrected chi connectivity index (χ1v) is 5.21. The molecule has 0 aliphatic rings. The Hall–Kier alpha value is -1.67. The molecule has 0 aromatic carbocycles. The second kappa shape index (κ2) is 3.83. The summed E-state index contributed by atoms with van der Waals surface area (Å²) in [7, 11) is 0. The highest BCUT2D eigenvalue weighted by Gasteiger charge is 2.12. The van der Waals surface area contributed by atoms with Crippen LogP contribution in [0.2, 0.25) is 0 Å². The number of nitrogens with two attached hydrogens (primary N) is 3. The highest BCUT2D eigenvalue weighted by Crippen LogP contribution is 2.20. The van der Waals surface area contributed by atoms with Gasteiger partial charge in [0.05, 0.1) is 5.01 Å². The number of aromatic nitrogens is 4. The number of hydrogen-bond acceptors (Lipinski definition) is 7. The summed E-state index contributed by atoms with van der Waals surface area (Å²) >= 11 is 1.52. The van der Waals surface area contributed by atoms with Crippen LogP contribution in [0.4, 0.5) is 5.95 Å². The van der Waals surface area contributed by atoms with Gasteiger partial charge in [-0.15, -0.1) is 21.5 Å². The van der Waals surface area contributed by atoms with Crippen LogP contribution in [0.3, 0.4) is 0 Å². The van der Waals surface area contributed by atoms with E-state index in [2.05, 4.69) is 15.2 Å². The minimum atomic E-state index is 0.165. The van der Waals surface area contributed by atoms with Crippen molar-refractivity contribution in [1.82, 2.24) is 19.9 Å². The molecule has 0 amide bonds. The largest absolute Gasteiger partial charge is 0.366 e. The maximum Gasteiger partial charge on any atom is 0.241 e. The molecule has 0 radical (unpaired) electrons. The molecule has 0 aliphatic carbocycles. The third kappa shape index (κ3) is 1.76. The van der Waals surface area contributed by atoms with E-state index in [1.54, 1.807) is 0 Å². The Morgan fingerprint density at radius 2 is 2.20 bits per heavy atom. The van der Waals surface area contributed by atoms with Gasteiger partial charge in [-0.3, -0.25) is 0 Å². The predicted molar refractivity (Wildman–Crippen MR) is 58.5 cm³/mol. The number of anilines is 1. The van der Waals surface area contributed by atoms with Crippen molar-refractivity contribution in [2.24, 2.45) is 5.73 Å². The van der Waals surface area contributed by atoms with Crippen LogP contribution in [0, 0.1) is 0 Å². The van der Waals surface area contributed by atoms with Crippen LogP contribution in [-0.2, 0) is 6.42 Å². The van der Waals surface area contributed by atoms with Gasteiger partial charge in [-0.2, -0.15) is 0 Å². The molecule has 2 heterocycles. The average molecular weight is 225 g/mol. The van der Waals surface area contributed by atoms with Crippen LogP contribution in [0.25, 0.3) is 11.5 Å². The summed E-state index contributed by atoms with van der Waals surface area (Å²) in [6, 6.07) is 0. The fourth-order valence-corrected chi connectivity index (χ4v) is 1.92. The second-order valence-corrected chi connectivity index (χ2v) is 3.86. The van der Waals surface area contributed by atoms with Crippen molar-refractivity contribution < 1.29 is 0 Å². The molecule has 0 saturated carbocycles. The Labute approximate surface area is 89.9 Å². The molecule has 0 atom stereocenters. The molecule has 0 fully saturated rings. The van der Waals surface area contributed by atoms with Crippen LogP contribution < -0.4 is 17.3 Å². The summed E-state index contributed by atoms with van der Waals surface area (Å²) in [5.74, 6) is 6.25. The number of hydrogen-bond donors (Lipinski definition) is 3. The van der Waals surface area contributed by atoms with Crippen molar-refractivity contribution in [2.75, 3.05) is 18.1 Å². The summed E-state index contributed by atoms with van der Waals surface area (Å²) in [5.41, 5.74) is 11.6. The van der Waals surface area contributed by atoms with Crippen molar-refractivity contribution in [1.29, 1.82) is 0 Å². The minimum absolute atomic E-state index is 0.165. The van der Waals surface area contributed by atoms with Gasteiger partial charge in [0.15, 0.2) is 0 Å². The van der Waals surface area contributed by atoms with E-state index >= 15 is 0 Å². The summed E-state index contributed by atoms with van der Waals surface area (Å²) in [4.78, 5) is 4.32. The minimum Gasteiger partial charge on any atom is -0.366 e. The molecule has 0 unspecified atom stereocenters. The average Bonchev–Trinajstić information content (AvgIpc) is 2.77. The number of nitrogen functional groups attached to an aromatic ring is 2. The highest BCUT2D eigenvalue weighted by atomic mass is 32.1. The molecular weight excluding hydrogens is 214 g/mol. The predicted octanol–water partition coefficient (Wildman–Crippen LogP) is -0.801. The molecule has 0 saturated heterocycles. The fourth-order valence-electron chi connectivity index (χ4n) is 1.13. The third-order valence-electron chi connectivity index (χ3n) is 1.86. The lowest BCUT2D eigenvalue weighted by Crippen LogP contribution is -2.13. The first kappa shape index (κ1) is 9.87. The molecule has 0 bridgehead atoms. The van der Waals surface area contributed by atoms with Gasteiger partial charge in [0.25, 0.3) is 0 Å². The van der Waals surface area contributed by atoms with Crippen LogP contribution >= 0.6 is 11.3 Å². The topological polar surface area (TPSA) is 122 Å². The number of thiazole rings is 1. The van der Waals surface area contributed by atoms with Crippen molar-refractivity contribution in [3.63, 3.8) is 0 Å². The van der Waals surface area contributed by atoms with Gasteiger partial charge >= 0.3 is 0 Å². The van der Waals surface area contributed by atoms with Crippen molar-refractivity contribution >= 4 is 17.3 Å². The van der Waals surface area contributed by atoms with Gasteiger partial charge in [0.1, 0.15) is 5.69 Å². The summed E-state index contributed by atoms with van der Waals surface area (Å²) < 4.78 is 1.21.